The van der Waals surface area contributed by atoms with Crippen molar-refractivity contribution in [1.29, 1.82) is 0 Å². The summed E-state index contributed by atoms with van der Waals surface area (Å²) in [5.41, 5.74) is 3.00. The molecule has 0 aliphatic carbocycles. The molecule has 3 rings (SSSR count). The molecule has 1 aliphatic heterocycles. The summed E-state index contributed by atoms with van der Waals surface area (Å²) in [4.78, 5) is 14.5. The Kier molecular flexibility index (Phi) is 6.18. The average molecular weight is 358 g/mol. The monoisotopic (exact) mass is 357 g/mol. The third kappa shape index (κ3) is 5.40. The van der Waals surface area contributed by atoms with E-state index in [2.05, 4.69) is 27.7 Å². The lowest BCUT2D eigenvalue weighted by atomic mass is 10.1. The third-order valence-electron chi connectivity index (χ3n) is 4.38. The Balaban J connectivity index is 1.44. The van der Waals surface area contributed by atoms with Crippen molar-refractivity contribution in [2.24, 2.45) is 0 Å². The first-order valence-electron chi connectivity index (χ1n) is 8.85. The van der Waals surface area contributed by atoms with Crippen LogP contribution in [0.25, 0.3) is 0 Å². The van der Waals surface area contributed by atoms with E-state index in [-0.39, 0.29) is 5.91 Å². The number of hydrogen-bond donors (Lipinski definition) is 2. The van der Waals surface area contributed by atoms with Crippen LogP contribution in [0.5, 0.6) is 0 Å². The van der Waals surface area contributed by atoms with Crippen molar-refractivity contribution < 1.29 is 4.79 Å². The number of rotatable bonds is 6. The fourth-order valence-corrected chi connectivity index (χ4v) is 3.24. The normalized spacial score (nSPS) is 14.2. The van der Waals surface area contributed by atoms with Crippen LogP contribution in [0.1, 0.15) is 25.7 Å². The molecule has 2 aromatic carbocycles. The minimum Gasteiger partial charge on any atom is -0.384 e. The number of anilines is 3. The van der Waals surface area contributed by atoms with Gasteiger partial charge in [-0.2, -0.15) is 0 Å². The first-order valence-corrected chi connectivity index (χ1v) is 9.23. The van der Waals surface area contributed by atoms with Gasteiger partial charge in [0.15, 0.2) is 0 Å². The van der Waals surface area contributed by atoms with Gasteiger partial charge >= 0.3 is 0 Å². The second kappa shape index (κ2) is 8.77. The molecule has 0 radical (unpaired) electrons. The lowest BCUT2D eigenvalue weighted by Gasteiger charge is -2.28. The quantitative estimate of drug-likeness (QED) is 0.782. The molecule has 5 heteroatoms. The Labute approximate surface area is 154 Å². The van der Waals surface area contributed by atoms with E-state index in [1.165, 1.54) is 24.9 Å². The van der Waals surface area contributed by atoms with Crippen LogP contribution in [0.3, 0.4) is 0 Å². The summed E-state index contributed by atoms with van der Waals surface area (Å²) in [6.45, 7) is 2.82. The summed E-state index contributed by atoms with van der Waals surface area (Å²) in [6, 6.07) is 15.6. The maximum Gasteiger partial charge on any atom is 0.226 e. The van der Waals surface area contributed by atoms with Gasteiger partial charge in [0.1, 0.15) is 0 Å². The first kappa shape index (κ1) is 17.6. The van der Waals surface area contributed by atoms with E-state index >= 15 is 0 Å². The van der Waals surface area contributed by atoms with E-state index in [1.807, 2.05) is 36.4 Å². The van der Waals surface area contributed by atoms with E-state index in [0.717, 1.165) is 24.5 Å². The second-order valence-corrected chi connectivity index (χ2v) is 6.77. The predicted octanol–water partition coefficient (Wildman–Crippen LogP) is 4.77. The summed E-state index contributed by atoms with van der Waals surface area (Å²) < 4.78 is 0. The van der Waals surface area contributed by atoms with Crippen LogP contribution >= 0.6 is 11.6 Å². The largest absolute Gasteiger partial charge is 0.384 e. The molecule has 25 heavy (non-hydrogen) atoms. The van der Waals surface area contributed by atoms with E-state index in [4.69, 9.17) is 11.6 Å². The predicted molar refractivity (Wildman–Crippen MR) is 106 cm³/mol. The Morgan fingerprint density at radius 1 is 1.00 bits per heavy atom. The van der Waals surface area contributed by atoms with Crippen molar-refractivity contribution in [1.82, 2.24) is 0 Å². The molecule has 0 saturated carbocycles. The average Bonchev–Trinajstić information content (AvgIpc) is 2.63. The summed E-state index contributed by atoms with van der Waals surface area (Å²) in [5, 5.41) is 6.83. The van der Waals surface area contributed by atoms with E-state index in [1.54, 1.807) is 0 Å². The van der Waals surface area contributed by atoms with Crippen LogP contribution in [0.15, 0.2) is 48.5 Å². The zero-order valence-electron chi connectivity index (χ0n) is 14.3. The zero-order chi connectivity index (χ0) is 17.5. The van der Waals surface area contributed by atoms with Crippen molar-refractivity contribution >= 4 is 34.6 Å². The number of nitrogens with one attached hydrogen (secondary N) is 2. The van der Waals surface area contributed by atoms with Crippen LogP contribution in [0, 0.1) is 0 Å². The maximum atomic E-state index is 12.1. The van der Waals surface area contributed by atoms with Crippen molar-refractivity contribution in [3.05, 3.63) is 53.6 Å². The second-order valence-electron chi connectivity index (χ2n) is 6.33. The number of amides is 1. The highest BCUT2D eigenvalue weighted by Crippen LogP contribution is 2.22. The number of carbonyl (C=O) groups is 1. The Bertz CT molecular complexity index is 696. The molecule has 0 bridgehead atoms. The number of halogens is 1. The number of carbonyl (C=O) groups excluding carboxylic acids is 1. The third-order valence-corrected chi connectivity index (χ3v) is 4.61. The molecule has 132 valence electrons. The smallest absolute Gasteiger partial charge is 0.226 e. The van der Waals surface area contributed by atoms with Crippen LogP contribution in [-0.2, 0) is 4.79 Å². The van der Waals surface area contributed by atoms with Crippen molar-refractivity contribution in [3.63, 3.8) is 0 Å². The molecule has 2 aromatic rings. The first-order chi connectivity index (χ1) is 12.2. The van der Waals surface area contributed by atoms with Crippen LogP contribution in [0.2, 0.25) is 5.02 Å². The van der Waals surface area contributed by atoms with Crippen LogP contribution < -0.4 is 15.5 Å². The van der Waals surface area contributed by atoms with Crippen molar-refractivity contribution in [2.45, 2.75) is 25.7 Å². The van der Waals surface area contributed by atoms with Crippen molar-refractivity contribution in [3.8, 4) is 0 Å². The molecular weight excluding hydrogens is 334 g/mol. The Hall–Kier alpha value is -2.20. The number of piperidine rings is 1. The molecule has 0 unspecified atom stereocenters. The molecular formula is C20H24ClN3O. The van der Waals surface area contributed by atoms with E-state index in [9.17, 15) is 4.79 Å². The lowest BCUT2D eigenvalue weighted by Crippen LogP contribution is -2.29. The van der Waals surface area contributed by atoms with Crippen molar-refractivity contribution in [2.75, 3.05) is 35.2 Å². The summed E-state index contributed by atoms with van der Waals surface area (Å²) in [5.74, 6) is 0.000232. The Morgan fingerprint density at radius 3 is 2.48 bits per heavy atom. The minimum atomic E-state index is 0.000232. The van der Waals surface area contributed by atoms with E-state index < -0.39 is 0 Å². The summed E-state index contributed by atoms with van der Waals surface area (Å²) in [7, 11) is 0. The highest BCUT2D eigenvalue weighted by atomic mass is 35.5. The molecule has 0 aromatic heterocycles. The lowest BCUT2D eigenvalue weighted by molar-refractivity contribution is -0.115. The van der Waals surface area contributed by atoms with Gasteiger partial charge in [0, 0.05) is 48.1 Å². The van der Waals surface area contributed by atoms with Gasteiger partial charge in [-0.1, -0.05) is 17.7 Å². The molecule has 0 atom stereocenters. The molecule has 1 heterocycles. The van der Waals surface area contributed by atoms with Gasteiger partial charge in [-0.15, -0.1) is 0 Å². The van der Waals surface area contributed by atoms with Gasteiger partial charge in [-0.05, 0) is 61.7 Å². The topological polar surface area (TPSA) is 44.4 Å². The standard InChI is InChI=1S/C20H24ClN3O/c21-16-5-4-6-18(15-16)22-12-11-20(25)23-17-7-9-19(10-8-17)24-13-2-1-3-14-24/h4-10,15,22H,1-3,11-14H2,(H,23,25). The molecule has 2 N–H and O–H groups in total. The van der Waals surface area contributed by atoms with Gasteiger partial charge in [0.05, 0.1) is 0 Å². The number of benzene rings is 2. The number of hydrogen-bond acceptors (Lipinski definition) is 3. The van der Waals surface area contributed by atoms with Gasteiger partial charge in [-0.25, -0.2) is 0 Å². The minimum absolute atomic E-state index is 0.000232. The fourth-order valence-electron chi connectivity index (χ4n) is 3.05. The SMILES string of the molecule is O=C(CCNc1cccc(Cl)c1)Nc1ccc(N2CCCCC2)cc1. The molecule has 4 nitrogen and oxygen atoms in total. The summed E-state index contributed by atoms with van der Waals surface area (Å²) in [6.07, 6.45) is 4.25. The zero-order valence-corrected chi connectivity index (χ0v) is 15.1. The van der Waals surface area contributed by atoms with Crippen LogP contribution in [-0.4, -0.2) is 25.5 Å². The maximum absolute atomic E-state index is 12.1. The van der Waals surface area contributed by atoms with Gasteiger partial charge in [0.2, 0.25) is 5.91 Å². The number of nitrogens with zero attached hydrogens (tertiary/aromatic N) is 1. The van der Waals surface area contributed by atoms with Gasteiger partial charge in [-0.3, -0.25) is 4.79 Å². The highest BCUT2D eigenvalue weighted by Gasteiger charge is 2.10. The summed E-state index contributed by atoms with van der Waals surface area (Å²) >= 11 is 5.94. The molecule has 1 amide bonds. The molecule has 1 aliphatic rings. The molecule has 1 saturated heterocycles. The van der Waals surface area contributed by atoms with Crippen LogP contribution in [0.4, 0.5) is 17.1 Å². The van der Waals surface area contributed by atoms with E-state index in [0.29, 0.717) is 18.0 Å². The molecule has 0 spiro atoms. The van der Waals surface area contributed by atoms with Gasteiger partial charge < -0.3 is 15.5 Å². The Morgan fingerprint density at radius 2 is 1.76 bits per heavy atom. The highest BCUT2D eigenvalue weighted by molar-refractivity contribution is 6.30. The van der Waals surface area contributed by atoms with Gasteiger partial charge in [0.25, 0.3) is 0 Å². The molecule has 1 fully saturated rings. The fraction of sp³-hybridized carbons (Fsp3) is 0.350.